The fraction of sp³-hybridized carbons (Fsp3) is 0.308. The molecule has 1 aromatic heterocycles. The summed E-state index contributed by atoms with van der Waals surface area (Å²) in [7, 11) is 0. The predicted molar refractivity (Wildman–Crippen MR) is 73.8 cm³/mol. The summed E-state index contributed by atoms with van der Waals surface area (Å²) in [4.78, 5) is 0. The molecule has 2 rings (SSSR count). The van der Waals surface area contributed by atoms with Gasteiger partial charge in [0.25, 0.3) is 0 Å². The van der Waals surface area contributed by atoms with E-state index in [0.717, 1.165) is 12.1 Å². The van der Waals surface area contributed by atoms with Gasteiger partial charge in [0.05, 0.1) is 28.9 Å². The Kier molecular flexibility index (Phi) is 4.74. The minimum Gasteiger partial charge on any atom is -0.390 e. The van der Waals surface area contributed by atoms with Gasteiger partial charge in [-0.15, -0.1) is 11.6 Å². The van der Waals surface area contributed by atoms with Crippen LogP contribution >= 0.6 is 11.6 Å². The van der Waals surface area contributed by atoms with Crippen molar-refractivity contribution in [3.05, 3.63) is 42.2 Å². The molecule has 2 aromatic rings. The number of aliphatic hydroxyl groups excluding tert-OH is 1. The Morgan fingerprint density at radius 1 is 1.38 bits per heavy atom. The normalized spacial score (nSPS) is 13.2. The molecule has 1 unspecified atom stereocenters. The van der Waals surface area contributed by atoms with Gasteiger partial charge in [-0.25, -0.2) is 4.68 Å². The fourth-order valence-electron chi connectivity index (χ4n) is 1.75. The molecule has 114 valence electrons. The van der Waals surface area contributed by atoms with Gasteiger partial charge in [0, 0.05) is 18.9 Å². The van der Waals surface area contributed by atoms with Gasteiger partial charge in [0.1, 0.15) is 0 Å². The maximum absolute atomic E-state index is 12.8. The third kappa shape index (κ3) is 3.89. The standard InChI is InChI=1S/C13H13ClF3N3O/c14-7-10(21)8-18-11-6-9(13(15,16)17)2-3-12(11)20-5-1-4-19-20/h1-6,10,18,21H,7-8H2. The van der Waals surface area contributed by atoms with E-state index >= 15 is 0 Å². The summed E-state index contributed by atoms with van der Waals surface area (Å²) in [5.41, 5.74) is -0.103. The van der Waals surface area contributed by atoms with Gasteiger partial charge in [0.15, 0.2) is 0 Å². The molecule has 2 N–H and O–H groups in total. The van der Waals surface area contributed by atoms with Crippen LogP contribution in [0.4, 0.5) is 18.9 Å². The van der Waals surface area contributed by atoms with Crippen LogP contribution in [0, 0.1) is 0 Å². The molecule has 0 saturated carbocycles. The molecule has 0 spiro atoms. The quantitative estimate of drug-likeness (QED) is 0.833. The lowest BCUT2D eigenvalue weighted by molar-refractivity contribution is -0.137. The summed E-state index contributed by atoms with van der Waals surface area (Å²) in [6, 6.07) is 4.96. The van der Waals surface area contributed by atoms with E-state index in [-0.39, 0.29) is 18.1 Å². The van der Waals surface area contributed by atoms with Gasteiger partial charge >= 0.3 is 6.18 Å². The van der Waals surface area contributed by atoms with E-state index in [2.05, 4.69) is 10.4 Å². The van der Waals surface area contributed by atoms with Crippen LogP contribution in [0.5, 0.6) is 0 Å². The lowest BCUT2D eigenvalue weighted by atomic mass is 10.1. The van der Waals surface area contributed by atoms with Crippen LogP contribution in [0.3, 0.4) is 0 Å². The van der Waals surface area contributed by atoms with E-state index in [9.17, 15) is 18.3 Å². The van der Waals surface area contributed by atoms with Crippen LogP contribution in [0.15, 0.2) is 36.7 Å². The summed E-state index contributed by atoms with van der Waals surface area (Å²) in [6.45, 7) is 0.0408. The highest BCUT2D eigenvalue weighted by Crippen LogP contribution is 2.33. The van der Waals surface area contributed by atoms with Crippen molar-refractivity contribution in [2.75, 3.05) is 17.7 Å². The third-order valence-electron chi connectivity index (χ3n) is 2.78. The second-order valence-corrected chi connectivity index (χ2v) is 4.68. The van der Waals surface area contributed by atoms with Crippen LogP contribution in [0.25, 0.3) is 5.69 Å². The number of aromatic nitrogens is 2. The van der Waals surface area contributed by atoms with E-state index < -0.39 is 17.8 Å². The van der Waals surface area contributed by atoms with Crippen molar-refractivity contribution in [2.45, 2.75) is 12.3 Å². The number of anilines is 1. The maximum Gasteiger partial charge on any atom is 0.416 e. The van der Waals surface area contributed by atoms with E-state index in [1.165, 1.54) is 16.9 Å². The summed E-state index contributed by atoms with van der Waals surface area (Å²) >= 11 is 5.47. The molecule has 0 bridgehead atoms. The average molecular weight is 320 g/mol. The Bertz CT molecular complexity index is 587. The molecule has 1 atom stereocenters. The molecular weight excluding hydrogens is 307 g/mol. The van der Waals surface area contributed by atoms with Crippen molar-refractivity contribution in [2.24, 2.45) is 0 Å². The second-order valence-electron chi connectivity index (χ2n) is 4.37. The fourth-order valence-corrected chi connectivity index (χ4v) is 1.86. The van der Waals surface area contributed by atoms with Gasteiger partial charge in [0.2, 0.25) is 0 Å². The highest BCUT2D eigenvalue weighted by atomic mass is 35.5. The van der Waals surface area contributed by atoms with Crippen molar-refractivity contribution in [1.82, 2.24) is 9.78 Å². The molecule has 21 heavy (non-hydrogen) atoms. The van der Waals surface area contributed by atoms with Crippen molar-refractivity contribution in [1.29, 1.82) is 0 Å². The molecule has 0 saturated heterocycles. The molecule has 0 radical (unpaired) electrons. The van der Waals surface area contributed by atoms with Crippen molar-refractivity contribution in [3.8, 4) is 5.69 Å². The molecule has 0 aliphatic rings. The van der Waals surface area contributed by atoms with E-state index in [1.54, 1.807) is 12.3 Å². The third-order valence-corrected chi connectivity index (χ3v) is 3.14. The molecular formula is C13H13ClF3N3O. The zero-order valence-electron chi connectivity index (χ0n) is 10.8. The van der Waals surface area contributed by atoms with Gasteiger partial charge in [-0.3, -0.25) is 0 Å². The largest absolute Gasteiger partial charge is 0.416 e. The number of nitrogens with zero attached hydrogens (tertiary/aromatic N) is 2. The number of hydrogen-bond donors (Lipinski definition) is 2. The highest BCUT2D eigenvalue weighted by molar-refractivity contribution is 6.18. The van der Waals surface area contributed by atoms with Crippen molar-refractivity contribution < 1.29 is 18.3 Å². The first-order chi connectivity index (χ1) is 9.91. The Labute approximate surface area is 124 Å². The molecule has 8 heteroatoms. The highest BCUT2D eigenvalue weighted by Gasteiger charge is 2.31. The Morgan fingerprint density at radius 3 is 2.71 bits per heavy atom. The molecule has 0 aliphatic heterocycles. The first kappa shape index (κ1) is 15.7. The van der Waals surface area contributed by atoms with Crippen LogP contribution in [-0.4, -0.2) is 33.4 Å². The molecule has 0 fully saturated rings. The summed E-state index contributed by atoms with van der Waals surface area (Å²) in [5.74, 6) is -0.0108. The van der Waals surface area contributed by atoms with Gasteiger partial charge in [-0.2, -0.15) is 18.3 Å². The molecule has 0 amide bonds. The SMILES string of the molecule is OC(CCl)CNc1cc(C(F)(F)F)ccc1-n1cccn1. The Balaban J connectivity index is 2.36. The summed E-state index contributed by atoms with van der Waals surface area (Å²) in [6.07, 6.45) is -2.16. The van der Waals surface area contributed by atoms with E-state index in [4.69, 9.17) is 11.6 Å². The second kappa shape index (κ2) is 6.36. The maximum atomic E-state index is 12.8. The zero-order chi connectivity index (χ0) is 15.5. The minimum atomic E-state index is -4.44. The first-order valence-electron chi connectivity index (χ1n) is 6.11. The van der Waals surface area contributed by atoms with E-state index in [1.807, 2.05) is 0 Å². The average Bonchev–Trinajstić information content (AvgIpc) is 2.97. The number of aliphatic hydroxyl groups is 1. The van der Waals surface area contributed by atoms with Gasteiger partial charge in [-0.05, 0) is 24.3 Å². The van der Waals surface area contributed by atoms with Crippen LogP contribution in [-0.2, 0) is 6.18 Å². The number of alkyl halides is 4. The number of halogens is 4. The molecule has 4 nitrogen and oxygen atoms in total. The van der Waals surface area contributed by atoms with Crippen LogP contribution in [0.2, 0.25) is 0 Å². The van der Waals surface area contributed by atoms with E-state index in [0.29, 0.717) is 5.69 Å². The Hall–Kier alpha value is -1.73. The van der Waals surface area contributed by atoms with Crippen molar-refractivity contribution >= 4 is 17.3 Å². The lowest BCUT2D eigenvalue weighted by Crippen LogP contribution is -2.22. The van der Waals surface area contributed by atoms with Crippen LogP contribution in [0.1, 0.15) is 5.56 Å². The predicted octanol–water partition coefficient (Wildman–Crippen LogP) is 2.90. The summed E-state index contributed by atoms with van der Waals surface area (Å²) in [5, 5.41) is 16.2. The van der Waals surface area contributed by atoms with Gasteiger partial charge in [-0.1, -0.05) is 0 Å². The first-order valence-corrected chi connectivity index (χ1v) is 6.64. The topological polar surface area (TPSA) is 50.1 Å². The zero-order valence-corrected chi connectivity index (χ0v) is 11.6. The van der Waals surface area contributed by atoms with Crippen LogP contribution < -0.4 is 5.32 Å². The molecule has 1 heterocycles. The number of benzene rings is 1. The number of nitrogens with one attached hydrogen (secondary N) is 1. The molecule has 1 aromatic carbocycles. The molecule has 0 aliphatic carbocycles. The summed E-state index contributed by atoms with van der Waals surface area (Å²) < 4.78 is 39.8. The lowest BCUT2D eigenvalue weighted by Gasteiger charge is -2.16. The van der Waals surface area contributed by atoms with Crippen molar-refractivity contribution in [3.63, 3.8) is 0 Å². The van der Waals surface area contributed by atoms with Gasteiger partial charge < -0.3 is 10.4 Å². The number of rotatable bonds is 5. The monoisotopic (exact) mass is 319 g/mol. The minimum absolute atomic E-state index is 0.0108. The Morgan fingerprint density at radius 2 is 2.14 bits per heavy atom. The number of hydrogen-bond acceptors (Lipinski definition) is 3. The smallest absolute Gasteiger partial charge is 0.390 e.